The van der Waals surface area contributed by atoms with Gasteiger partial charge in [0.2, 0.25) is 17.6 Å². The molecule has 1 aromatic carbocycles. The summed E-state index contributed by atoms with van der Waals surface area (Å²) in [6.07, 6.45) is 3.25. The first-order chi connectivity index (χ1) is 15.4. The molecule has 168 valence electrons. The number of carbonyl (C=O) groups excluding carboxylic acids is 2. The number of amides is 2. The molecule has 10 heteroatoms. The Morgan fingerprint density at radius 1 is 1.19 bits per heavy atom. The predicted octanol–water partition coefficient (Wildman–Crippen LogP) is 1.93. The topological polar surface area (TPSA) is 112 Å². The quantitative estimate of drug-likeness (QED) is 0.677. The molecule has 0 saturated carbocycles. The highest BCUT2D eigenvalue weighted by Gasteiger charge is 2.67. The van der Waals surface area contributed by atoms with Crippen LogP contribution in [0.1, 0.15) is 5.76 Å². The maximum atomic E-state index is 13.3. The van der Waals surface area contributed by atoms with E-state index in [9.17, 15) is 9.59 Å². The number of aryl methyl sites for hydroxylation is 1. The number of carbonyl (C=O) groups is 2. The van der Waals surface area contributed by atoms with E-state index in [1.54, 1.807) is 25.1 Å². The van der Waals surface area contributed by atoms with Crippen LogP contribution >= 0.6 is 0 Å². The first-order valence-corrected chi connectivity index (χ1v) is 10.1. The van der Waals surface area contributed by atoms with Crippen molar-refractivity contribution in [3.63, 3.8) is 0 Å². The third kappa shape index (κ3) is 2.86. The van der Waals surface area contributed by atoms with Crippen molar-refractivity contribution in [2.75, 3.05) is 38.1 Å². The summed E-state index contributed by atoms with van der Waals surface area (Å²) in [5.74, 6) is 0.366. The number of rotatable bonds is 6. The van der Waals surface area contributed by atoms with Crippen LogP contribution in [0.3, 0.4) is 0 Å². The van der Waals surface area contributed by atoms with E-state index < -0.39 is 23.5 Å². The van der Waals surface area contributed by atoms with Crippen LogP contribution in [0.5, 0.6) is 17.2 Å². The van der Waals surface area contributed by atoms with Crippen molar-refractivity contribution >= 4 is 23.3 Å². The van der Waals surface area contributed by atoms with Gasteiger partial charge in [0.15, 0.2) is 17.3 Å². The number of nitrogens with zero attached hydrogens (tertiary/aromatic N) is 2. The fourth-order valence-corrected chi connectivity index (χ4v) is 4.85. The minimum atomic E-state index is -0.855. The third-order valence-corrected chi connectivity index (χ3v) is 6.23. The summed E-state index contributed by atoms with van der Waals surface area (Å²) in [5, 5.41) is 6.84. The van der Waals surface area contributed by atoms with Crippen molar-refractivity contribution in [1.82, 2.24) is 5.16 Å². The second kappa shape index (κ2) is 7.27. The van der Waals surface area contributed by atoms with Gasteiger partial charge >= 0.3 is 0 Å². The third-order valence-electron chi connectivity index (χ3n) is 6.23. The van der Waals surface area contributed by atoms with Crippen molar-refractivity contribution in [3.05, 3.63) is 36.1 Å². The molecule has 32 heavy (non-hydrogen) atoms. The predicted molar refractivity (Wildman–Crippen MR) is 112 cm³/mol. The Balaban J connectivity index is 1.43. The lowest BCUT2D eigenvalue weighted by molar-refractivity contribution is -0.128. The smallest absolute Gasteiger partial charge is 0.235 e. The first kappa shape index (κ1) is 20.4. The highest BCUT2D eigenvalue weighted by molar-refractivity contribution is 6.05. The molecule has 4 atom stereocenters. The van der Waals surface area contributed by atoms with Crippen LogP contribution in [0, 0.1) is 18.8 Å². The van der Waals surface area contributed by atoms with Crippen molar-refractivity contribution in [3.8, 4) is 17.2 Å². The van der Waals surface area contributed by atoms with Gasteiger partial charge in [-0.25, -0.2) is 0 Å². The highest BCUT2D eigenvalue weighted by atomic mass is 16.5. The summed E-state index contributed by atoms with van der Waals surface area (Å²) < 4.78 is 27.3. The molecule has 0 radical (unpaired) electrons. The number of anilines is 2. The van der Waals surface area contributed by atoms with E-state index in [-0.39, 0.29) is 18.4 Å². The largest absolute Gasteiger partial charge is 0.493 e. The van der Waals surface area contributed by atoms with Crippen LogP contribution in [0.4, 0.5) is 11.5 Å². The molecule has 2 aromatic rings. The summed E-state index contributed by atoms with van der Waals surface area (Å²) >= 11 is 0. The Kier molecular flexibility index (Phi) is 4.63. The van der Waals surface area contributed by atoms with Gasteiger partial charge in [-0.1, -0.05) is 17.3 Å². The molecule has 3 aliphatic heterocycles. The molecular formula is C22H23N3O7. The molecule has 0 unspecified atom stereocenters. The zero-order chi connectivity index (χ0) is 22.6. The van der Waals surface area contributed by atoms with E-state index >= 15 is 0 Å². The summed E-state index contributed by atoms with van der Waals surface area (Å²) in [6.45, 7) is 2.04. The van der Waals surface area contributed by atoms with E-state index in [2.05, 4.69) is 10.5 Å². The molecule has 3 aliphatic rings. The maximum Gasteiger partial charge on any atom is 0.235 e. The van der Waals surface area contributed by atoms with Gasteiger partial charge in [0.25, 0.3) is 0 Å². The molecule has 2 fully saturated rings. The van der Waals surface area contributed by atoms with Gasteiger partial charge in [-0.2, -0.15) is 0 Å². The average molecular weight is 441 g/mol. The summed E-state index contributed by atoms with van der Waals surface area (Å²) in [5.41, 5.74) is -0.397. The van der Waals surface area contributed by atoms with Gasteiger partial charge in [0.1, 0.15) is 11.4 Å². The van der Waals surface area contributed by atoms with Gasteiger partial charge in [0.05, 0.1) is 45.8 Å². The molecule has 1 spiro atoms. The maximum absolute atomic E-state index is 13.3. The van der Waals surface area contributed by atoms with Crippen molar-refractivity contribution in [2.24, 2.45) is 11.8 Å². The van der Waals surface area contributed by atoms with E-state index in [0.717, 1.165) is 0 Å². The molecule has 2 amide bonds. The lowest BCUT2D eigenvalue weighted by Crippen LogP contribution is -2.41. The zero-order valence-electron chi connectivity index (χ0n) is 18.1. The number of hydrogen-bond donors (Lipinski definition) is 1. The molecule has 1 N–H and O–H groups in total. The molecule has 5 rings (SSSR count). The molecular weight excluding hydrogens is 418 g/mol. The van der Waals surface area contributed by atoms with E-state index in [0.29, 0.717) is 34.5 Å². The number of ether oxygens (including phenoxy) is 4. The molecule has 4 heterocycles. The number of hydrogen-bond acceptors (Lipinski definition) is 8. The van der Waals surface area contributed by atoms with Crippen LogP contribution in [-0.2, 0) is 14.3 Å². The van der Waals surface area contributed by atoms with Gasteiger partial charge < -0.3 is 28.8 Å². The van der Waals surface area contributed by atoms with E-state index in [1.165, 1.54) is 26.2 Å². The molecule has 10 nitrogen and oxygen atoms in total. The summed E-state index contributed by atoms with van der Waals surface area (Å²) in [7, 11) is 4.50. The highest BCUT2D eigenvalue weighted by Crippen LogP contribution is 2.53. The van der Waals surface area contributed by atoms with Gasteiger partial charge in [-0.05, 0) is 6.92 Å². The van der Waals surface area contributed by atoms with Crippen LogP contribution in [0.15, 0.2) is 34.9 Å². The normalized spacial score (nSPS) is 27.6. The number of aromatic nitrogens is 1. The second-order valence-corrected chi connectivity index (χ2v) is 8.02. The van der Waals surface area contributed by atoms with Crippen molar-refractivity contribution in [1.29, 1.82) is 0 Å². The number of methoxy groups -OCH3 is 3. The second-order valence-electron chi connectivity index (χ2n) is 8.02. The number of fused-ring (bicyclic) bond motifs is 1. The Bertz CT molecular complexity index is 1100. The van der Waals surface area contributed by atoms with Gasteiger partial charge in [-0.3, -0.25) is 14.5 Å². The van der Waals surface area contributed by atoms with Gasteiger partial charge in [0, 0.05) is 23.9 Å². The average Bonchev–Trinajstić information content (AvgIpc) is 3.53. The molecule has 2 saturated heterocycles. The van der Waals surface area contributed by atoms with Crippen LogP contribution in [0.25, 0.3) is 0 Å². The standard InChI is InChI=1S/C22H23N3O7/c1-11-7-16(24-32-11)25-10-22-6-5-13(31-22)17(18(22)21(25)27)20(26)23-12-8-14(28-2)19(30-4)15(9-12)29-3/h5-9,13,17-18H,10H2,1-4H3,(H,23,26)/t13-,17-,18+,22-/m1/s1. The van der Waals surface area contributed by atoms with Gasteiger partial charge in [-0.15, -0.1) is 0 Å². The summed E-state index contributed by atoms with van der Waals surface area (Å²) in [4.78, 5) is 28.2. The number of nitrogens with one attached hydrogen (secondary N) is 1. The molecule has 0 aliphatic carbocycles. The molecule has 2 bridgehead atoms. The van der Waals surface area contributed by atoms with Crippen LogP contribution < -0.4 is 24.4 Å². The Morgan fingerprint density at radius 2 is 1.91 bits per heavy atom. The van der Waals surface area contributed by atoms with E-state index in [1.807, 2.05) is 12.2 Å². The van der Waals surface area contributed by atoms with Crippen molar-refractivity contribution < 1.29 is 33.1 Å². The lowest BCUT2D eigenvalue weighted by Gasteiger charge is -2.23. The van der Waals surface area contributed by atoms with Crippen LogP contribution in [0.2, 0.25) is 0 Å². The minimum absolute atomic E-state index is 0.213. The Morgan fingerprint density at radius 3 is 2.50 bits per heavy atom. The lowest BCUT2D eigenvalue weighted by atomic mass is 9.77. The first-order valence-electron chi connectivity index (χ1n) is 10.1. The minimum Gasteiger partial charge on any atom is -0.493 e. The molecule has 1 aromatic heterocycles. The fraction of sp³-hybridized carbons (Fsp3) is 0.409. The zero-order valence-corrected chi connectivity index (χ0v) is 18.1. The fourth-order valence-electron chi connectivity index (χ4n) is 4.85. The Labute approximate surface area is 184 Å². The Hall–Kier alpha value is -3.53. The number of benzene rings is 1. The van der Waals surface area contributed by atoms with Crippen molar-refractivity contribution in [2.45, 2.75) is 18.6 Å². The SMILES string of the molecule is COc1cc(NC(=O)[C@H]2[C@H]3C(=O)N(c4cc(C)on4)C[C@]34C=C[C@H]2O4)cc(OC)c1OC. The monoisotopic (exact) mass is 441 g/mol. The van der Waals surface area contributed by atoms with Crippen LogP contribution in [-0.4, -0.2) is 56.6 Å². The van der Waals surface area contributed by atoms with E-state index in [4.69, 9.17) is 23.5 Å². The summed E-state index contributed by atoms with van der Waals surface area (Å²) in [6, 6.07) is 4.97.